The minimum absolute atomic E-state index is 0.753. The molecule has 0 radical (unpaired) electrons. The quantitative estimate of drug-likeness (QED) is 0.676. The van der Waals surface area contributed by atoms with Crippen molar-refractivity contribution in [3.05, 3.63) is 60.9 Å². The van der Waals surface area contributed by atoms with E-state index in [2.05, 4.69) is 35.1 Å². The van der Waals surface area contributed by atoms with Crippen LogP contribution in [-0.2, 0) is 6.42 Å². The first kappa shape index (κ1) is 13.6. The van der Waals surface area contributed by atoms with E-state index in [0.717, 1.165) is 35.4 Å². The number of unbranched alkanes of at least 4 members (excludes halogenated alkanes) is 1. The van der Waals surface area contributed by atoms with Gasteiger partial charge in [-0.05, 0) is 30.0 Å². The molecule has 0 unspecified atom stereocenters. The van der Waals surface area contributed by atoms with Crippen LogP contribution < -0.4 is 0 Å². The van der Waals surface area contributed by atoms with Crippen LogP contribution in [0, 0.1) is 0 Å². The Bertz CT molecular complexity index is 691. The third-order valence-electron chi connectivity index (χ3n) is 3.53. The van der Waals surface area contributed by atoms with Gasteiger partial charge >= 0.3 is 0 Å². The molecule has 0 bridgehead atoms. The van der Waals surface area contributed by atoms with Crippen LogP contribution in [0.25, 0.3) is 22.5 Å². The van der Waals surface area contributed by atoms with Crippen LogP contribution in [0.15, 0.2) is 59.6 Å². The zero-order valence-electron chi connectivity index (χ0n) is 12.1. The van der Waals surface area contributed by atoms with Crippen LogP contribution in [0.2, 0.25) is 0 Å². The normalized spacial score (nSPS) is 10.7. The van der Waals surface area contributed by atoms with Crippen molar-refractivity contribution in [1.82, 2.24) is 9.97 Å². The van der Waals surface area contributed by atoms with Crippen LogP contribution in [0.5, 0.6) is 0 Å². The van der Waals surface area contributed by atoms with Crippen LogP contribution >= 0.6 is 0 Å². The summed E-state index contributed by atoms with van der Waals surface area (Å²) in [6.45, 7) is 2.20. The molecule has 2 heterocycles. The van der Waals surface area contributed by atoms with E-state index in [0.29, 0.717) is 0 Å². The van der Waals surface area contributed by atoms with Gasteiger partial charge in [0.05, 0.1) is 6.20 Å². The minimum Gasteiger partial charge on any atom is -0.443 e. The summed E-state index contributed by atoms with van der Waals surface area (Å²) in [4.78, 5) is 8.58. The monoisotopic (exact) mass is 278 g/mol. The maximum Gasteiger partial charge on any atom is 0.181 e. The van der Waals surface area contributed by atoms with Gasteiger partial charge in [0.15, 0.2) is 12.2 Å². The SMILES string of the molecule is CCCCc1cc(-c2ccccc2)c(-c2cnco2)cn1. The summed E-state index contributed by atoms with van der Waals surface area (Å²) in [5.41, 5.74) is 4.43. The van der Waals surface area contributed by atoms with Gasteiger partial charge in [0, 0.05) is 17.5 Å². The molecule has 0 saturated carbocycles. The Balaban J connectivity index is 2.08. The molecule has 0 aliphatic heterocycles. The number of benzene rings is 1. The van der Waals surface area contributed by atoms with Crippen LogP contribution in [0.4, 0.5) is 0 Å². The molecule has 0 spiro atoms. The summed E-state index contributed by atoms with van der Waals surface area (Å²) >= 11 is 0. The maximum absolute atomic E-state index is 5.45. The summed E-state index contributed by atoms with van der Waals surface area (Å²) in [6, 6.07) is 12.5. The highest BCUT2D eigenvalue weighted by molar-refractivity contribution is 5.80. The number of aryl methyl sites for hydroxylation is 1. The van der Waals surface area contributed by atoms with E-state index in [1.54, 1.807) is 6.20 Å². The topological polar surface area (TPSA) is 38.9 Å². The molecule has 3 nitrogen and oxygen atoms in total. The first-order chi connectivity index (χ1) is 10.4. The van der Waals surface area contributed by atoms with Gasteiger partial charge in [-0.15, -0.1) is 0 Å². The Hall–Kier alpha value is -2.42. The lowest BCUT2D eigenvalue weighted by Gasteiger charge is -2.09. The molecule has 0 amide bonds. The molecule has 3 aromatic rings. The van der Waals surface area contributed by atoms with Gasteiger partial charge in [0.2, 0.25) is 0 Å². The number of hydrogen-bond donors (Lipinski definition) is 0. The molecule has 1 aromatic carbocycles. The van der Waals surface area contributed by atoms with Gasteiger partial charge in [-0.25, -0.2) is 4.98 Å². The second-order valence-electron chi connectivity index (χ2n) is 5.06. The van der Waals surface area contributed by atoms with E-state index >= 15 is 0 Å². The number of rotatable bonds is 5. The van der Waals surface area contributed by atoms with E-state index < -0.39 is 0 Å². The van der Waals surface area contributed by atoms with Crippen molar-refractivity contribution in [3.63, 3.8) is 0 Å². The lowest BCUT2D eigenvalue weighted by molar-refractivity contribution is 0.572. The second kappa shape index (κ2) is 6.35. The summed E-state index contributed by atoms with van der Waals surface area (Å²) < 4.78 is 5.45. The van der Waals surface area contributed by atoms with E-state index in [1.807, 2.05) is 24.4 Å². The molecule has 21 heavy (non-hydrogen) atoms. The Labute approximate surface area is 124 Å². The molecule has 106 valence electrons. The van der Waals surface area contributed by atoms with Crippen molar-refractivity contribution in [2.75, 3.05) is 0 Å². The average molecular weight is 278 g/mol. The van der Waals surface area contributed by atoms with Gasteiger partial charge in [-0.1, -0.05) is 43.7 Å². The average Bonchev–Trinajstić information content (AvgIpc) is 3.08. The van der Waals surface area contributed by atoms with E-state index in [9.17, 15) is 0 Å². The maximum atomic E-state index is 5.45. The second-order valence-corrected chi connectivity index (χ2v) is 5.06. The van der Waals surface area contributed by atoms with Crippen molar-refractivity contribution in [2.24, 2.45) is 0 Å². The third-order valence-corrected chi connectivity index (χ3v) is 3.53. The summed E-state index contributed by atoms with van der Waals surface area (Å²) in [5.74, 6) is 0.753. The standard InChI is InChI=1S/C18H18N2O/c1-2-3-9-15-10-16(14-7-5-4-6-8-14)17(11-20-15)18-12-19-13-21-18/h4-8,10-13H,2-3,9H2,1H3. The molecule has 2 aromatic heterocycles. The predicted octanol–water partition coefficient (Wildman–Crippen LogP) is 4.75. The summed E-state index contributed by atoms with van der Waals surface area (Å²) in [7, 11) is 0. The minimum atomic E-state index is 0.753. The number of aromatic nitrogens is 2. The number of pyridine rings is 1. The smallest absolute Gasteiger partial charge is 0.181 e. The molecule has 0 N–H and O–H groups in total. The molecular weight excluding hydrogens is 260 g/mol. The van der Waals surface area contributed by atoms with Crippen molar-refractivity contribution < 1.29 is 4.42 Å². The molecule has 0 fully saturated rings. The molecule has 0 aliphatic carbocycles. The Morgan fingerprint density at radius 2 is 1.90 bits per heavy atom. The lowest BCUT2D eigenvalue weighted by Crippen LogP contribution is -1.93. The first-order valence-corrected chi connectivity index (χ1v) is 7.31. The predicted molar refractivity (Wildman–Crippen MR) is 83.8 cm³/mol. The molecule has 0 aliphatic rings. The molecule has 3 heteroatoms. The molecule has 3 rings (SSSR count). The van der Waals surface area contributed by atoms with Crippen molar-refractivity contribution in [2.45, 2.75) is 26.2 Å². The number of nitrogens with zero attached hydrogens (tertiary/aromatic N) is 2. The fourth-order valence-corrected chi connectivity index (χ4v) is 2.39. The van der Waals surface area contributed by atoms with Crippen LogP contribution in [0.1, 0.15) is 25.5 Å². The highest BCUT2D eigenvalue weighted by Gasteiger charge is 2.12. The fourth-order valence-electron chi connectivity index (χ4n) is 2.39. The Kier molecular flexibility index (Phi) is 4.10. The fraction of sp³-hybridized carbons (Fsp3) is 0.222. The number of hydrogen-bond acceptors (Lipinski definition) is 3. The lowest BCUT2D eigenvalue weighted by atomic mass is 9.98. The largest absolute Gasteiger partial charge is 0.443 e. The van der Waals surface area contributed by atoms with E-state index in [-0.39, 0.29) is 0 Å². The first-order valence-electron chi connectivity index (χ1n) is 7.31. The zero-order valence-corrected chi connectivity index (χ0v) is 12.1. The van der Waals surface area contributed by atoms with Gasteiger partial charge in [-0.2, -0.15) is 0 Å². The highest BCUT2D eigenvalue weighted by atomic mass is 16.3. The van der Waals surface area contributed by atoms with Gasteiger partial charge in [0.25, 0.3) is 0 Å². The summed E-state index contributed by atoms with van der Waals surface area (Å²) in [5, 5.41) is 0. The Morgan fingerprint density at radius 1 is 1.05 bits per heavy atom. The van der Waals surface area contributed by atoms with Gasteiger partial charge in [-0.3, -0.25) is 4.98 Å². The van der Waals surface area contributed by atoms with Gasteiger partial charge in [0.1, 0.15) is 0 Å². The molecule has 0 atom stereocenters. The third kappa shape index (κ3) is 3.02. The van der Waals surface area contributed by atoms with Crippen molar-refractivity contribution in [1.29, 1.82) is 0 Å². The number of oxazole rings is 1. The summed E-state index contributed by atoms with van der Waals surface area (Å²) in [6.07, 6.45) is 8.42. The van der Waals surface area contributed by atoms with Crippen LogP contribution in [0.3, 0.4) is 0 Å². The Morgan fingerprint density at radius 3 is 2.62 bits per heavy atom. The molecule has 0 saturated heterocycles. The van der Waals surface area contributed by atoms with Crippen molar-refractivity contribution in [3.8, 4) is 22.5 Å². The van der Waals surface area contributed by atoms with E-state index in [1.165, 1.54) is 18.4 Å². The van der Waals surface area contributed by atoms with E-state index in [4.69, 9.17) is 4.42 Å². The zero-order chi connectivity index (χ0) is 14.5. The highest BCUT2D eigenvalue weighted by Crippen LogP contribution is 2.32. The van der Waals surface area contributed by atoms with Gasteiger partial charge < -0.3 is 4.42 Å². The van der Waals surface area contributed by atoms with Crippen LogP contribution in [-0.4, -0.2) is 9.97 Å². The molecular formula is C18H18N2O. The van der Waals surface area contributed by atoms with Crippen molar-refractivity contribution >= 4 is 0 Å².